The van der Waals surface area contributed by atoms with Crippen LogP contribution in [0.1, 0.15) is 0 Å². The molecule has 108 valence electrons. The minimum Gasteiger partial charge on any atom is -0.382 e. The van der Waals surface area contributed by atoms with E-state index in [1.54, 1.807) is 0 Å². The number of anilines is 2. The number of nitrogen functional groups attached to an aromatic ring is 1. The van der Waals surface area contributed by atoms with Gasteiger partial charge in [-0.05, 0) is 11.5 Å². The number of hydrogen-bond donors (Lipinski definition) is 2. The van der Waals surface area contributed by atoms with Gasteiger partial charge in [-0.3, -0.25) is 4.90 Å². The third kappa shape index (κ3) is 3.98. The fraction of sp³-hybridized carbons (Fsp3) is 0.700. The molecule has 0 atom stereocenters. The molecule has 0 saturated carbocycles. The minimum absolute atomic E-state index is 0.0874. The Balaban J connectivity index is 1.93. The van der Waals surface area contributed by atoms with Crippen LogP contribution in [0.15, 0.2) is 4.90 Å². The molecule has 0 bridgehead atoms. The Bertz CT molecular complexity index is 523. The Kier molecular flexibility index (Phi) is 4.93. The molecule has 0 spiro atoms. The zero-order valence-electron chi connectivity index (χ0n) is 10.8. The molecule has 19 heavy (non-hydrogen) atoms. The summed E-state index contributed by atoms with van der Waals surface area (Å²) in [5.41, 5.74) is 5.61. The third-order valence-electron chi connectivity index (χ3n) is 2.86. The molecule has 1 aliphatic heterocycles. The minimum atomic E-state index is -3.33. The first-order chi connectivity index (χ1) is 8.98. The monoisotopic (exact) mass is 322 g/mol. The smallest absolute Gasteiger partial charge is 0.182 e. The Labute approximate surface area is 121 Å². The van der Waals surface area contributed by atoms with Gasteiger partial charge in [-0.25, -0.2) is 8.42 Å². The van der Waals surface area contributed by atoms with E-state index in [0.29, 0.717) is 11.5 Å². The van der Waals surface area contributed by atoms with Gasteiger partial charge in [-0.1, -0.05) is 0 Å². The van der Waals surface area contributed by atoms with E-state index in [1.807, 2.05) is 11.8 Å². The van der Waals surface area contributed by atoms with Crippen molar-refractivity contribution in [3.8, 4) is 0 Å². The first kappa shape index (κ1) is 14.9. The van der Waals surface area contributed by atoms with E-state index in [4.69, 9.17) is 5.73 Å². The number of sulfone groups is 1. The highest BCUT2D eigenvalue weighted by molar-refractivity contribution is 7.99. The fourth-order valence-corrected chi connectivity index (χ4v) is 4.99. The van der Waals surface area contributed by atoms with E-state index in [2.05, 4.69) is 14.6 Å². The summed E-state index contributed by atoms with van der Waals surface area (Å²) in [4.78, 5) is 2.50. The van der Waals surface area contributed by atoms with Crippen molar-refractivity contribution in [2.45, 2.75) is 4.90 Å². The summed E-state index contributed by atoms with van der Waals surface area (Å²) in [6.45, 7) is 3.79. The van der Waals surface area contributed by atoms with Crippen molar-refractivity contribution in [3.05, 3.63) is 0 Å². The molecule has 3 N–H and O–H groups in total. The van der Waals surface area contributed by atoms with E-state index in [9.17, 15) is 8.42 Å². The van der Waals surface area contributed by atoms with Gasteiger partial charge in [0.1, 0.15) is 9.90 Å². The van der Waals surface area contributed by atoms with E-state index in [1.165, 1.54) is 11.5 Å². The van der Waals surface area contributed by atoms with Gasteiger partial charge in [0.25, 0.3) is 0 Å². The first-order valence-electron chi connectivity index (χ1n) is 5.97. The Morgan fingerprint density at radius 1 is 1.42 bits per heavy atom. The number of rotatable bonds is 5. The number of thioether (sulfide) groups is 1. The van der Waals surface area contributed by atoms with Crippen molar-refractivity contribution in [1.82, 2.24) is 9.27 Å². The molecule has 1 fully saturated rings. The second-order valence-corrected chi connectivity index (χ2v) is 8.33. The van der Waals surface area contributed by atoms with E-state index in [0.717, 1.165) is 37.4 Å². The average molecular weight is 322 g/mol. The topological polar surface area (TPSA) is 88.3 Å². The molecule has 0 aromatic carbocycles. The molecule has 0 radical (unpaired) electrons. The lowest BCUT2D eigenvalue weighted by molar-refractivity contribution is 0.314. The van der Waals surface area contributed by atoms with Crippen molar-refractivity contribution in [3.63, 3.8) is 0 Å². The van der Waals surface area contributed by atoms with Crippen LogP contribution in [0.4, 0.5) is 10.8 Å². The summed E-state index contributed by atoms with van der Waals surface area (Å²) >= 11 is 3.07. The standard InChI is InChI=1S/C10H18N4O2S3/c1-19(15,16)8-9(11)13-18-10(8)12-2-3-14-4-6-17-7-5-14/h12H,2-7H2,1H3,(H2,11,13). The molecule has 1 aliphatic rings. The van der Waals surface area contributed by atoms with Crippen LogP contribution < -0.4 is 11.1 Å². The summed E-state index contributed by atoms with van der Waals surface area (Å²) < 4.78 is 27.2. The van der Waals surface area contributed by atoms with Gasteiger partial charge >= 0.3 is 0 Å². The number of aromatic nitrogens is 1. The lowest BCUT2D eigenvalue weighted by Gasteiger charge is -2.26. The van der Waals surface area contributed by atoms with Crippen molar-refractivity contribution in [1.29, 1.82) is 0 Å². The molecule has 9 heteroatoms. The largest absolute Gasteiger partial charge is 0.382 e. The maximum atomic E-state index is 11.6. The zero-order chi connectivity index (χ0) is 13.9. The zero-order valence-corrected chi connectivity index (χ0v) is 13.2. The Morgan fingerprint density at radius 3 is 2.74 bits per heavy atom. The lowest BCUT2D eigenvalue weighted by atomic mass is 10.4. The predicted molar refractivity (Wildman–Crippen MR) is 81.9 cm³/mol. The van der Waals surface area contributed by atoms with Crippen molar-refractivity contribution in [2.24, 2.45) is 0 Å². The molecular weight excluding hydrogens is 304 g/mol. The number of nitrogens with one attached hydrogen (secondary N) is 1. The van der Waals surface area contributed by atoms with Crippen LogP contribution in [-0.4, -0.2) is 61.6 Å². The third-order valence-corrected chi connectivity index (χ3v) is 5.91. The van der Waals surface area contributed by atoms with Gasteiger partial charge in [0.15, 0.2) is 15.7 Å². The van der Waals surface area contributed by atoms with Crippen molar-refractivity contribution >= 4 is 44.0 Å². The quantitative estimate of drug-likeness (QED) is 0.820. The number of nitrogens with zero attached hydrogens (tertiary/aromatic N) is 2. The van der Waals surface area contributed by atoms with Crippen LogP contribution in [0.5, 0.6) is 0 Å². The maximum absolute atomic E-state index is 11.6. The summed E-state index contributed by atoms with van der Waals surface area (Å²) in [5, 5.41) is 3.68. The van der Waals surface area contributed by atoms with Gasteiger partial charge in [0.05, 0.1) is 0 Å². The van der Waals surface area contributed by atoms with Gasteiger partial charge < -0.3 is 11.1 Å². The molecule has 1 saturated heterocycles. The normalized spacial score (nSPS) is 17.5. The summed E-state index contributed by atoms with van der Waals surface area (Å²) in [5.74, 6) is 2.42. The molecule has 6 nitrogen and oxygen atoms in total. The number of nitrogens with two attached hydrogens (primary N) is 1. The Morgan fingerprint density at radius 2 is 2.11 bits per heavy atom. The van der Waals surface area contributed by atoms with E-state index >= 15 is 0 Å². The SMILES string of the molecule is CS(=O)(=O)c1c(N)nsc1NCCN1CCSCC1. The first-order valence-corrected chi connectivity index (χ1v) is 9.79. The molecule has 0 unspecified atom stereocenters. The molecule has 0 amide bonds. The lowest BCUT2D eigenvalue weighted by Crippen LogP contribution is -2.36. The van der Waals surface area contributed by atoms with Crippen molar-refractivity contribution in [2.75, 3.05) is 55.0 Å². The highest BCUT2D eigenvalue weighted by atomic mass is 32.2. The van der Waals surface area contributed by atoms with Gasteiger partial charge in [-0.2, -0.15) is 16.1 Å². The average Bonchev–Trinajstić information content (AvgIpc) is 2.72. The van der Waals surface area contributed by atoms with E-state index in [-0.39, 0.29) is 10.7 Å². The van der Waals surface area contributed by atoms with Gasteiger partial charge in [0.2, 0.25) is 0 Å². The second-order valence-electron chi connectivity index (χ2n) is 4.38. The summed E-state index contributed by atoms with van der Waals surface area (Å²) in [6, 6.07) is 0. The molecule has 2 rings (SSSR count). The molecular formula is C10H18N4O2S3. The highest BCUT2D eigenvalue weighted by Crippen LogP contribution is 2.30. The van der Waals surface area contributed by atoms with Crippen LogP contribution in [0.25, 0.3) is 0 Å². The van der Waals surface area contributed by atoms with Gasteiger partial charge in [0, 0.05) is 43.9 Å². The van der Waals surface area contributed by atoms with Crippen LogP contribution in [0.2, 0.25) is 0 Å². The molecule has 2 heterocycles. The van der Waals surface area contributed by atoms with Crippen LogP contribution >= 0.6 is 23.3 Å². The number of hydrogen-bond acceptors (Lipinski definition) is 8. The van der Waals surface area contributed by atoms with Gasteiger partial charge in [-0.15, -0.1) is 0 Å². The summed E-state index contributed by atoms with van der Waals surface area (Å²) in [6.07, 6.45) is 1.15. The highest BCUT2D eigenvalue weighted by Gasteiger charge is 2.21. The predicted octanol–water partition coefficient (Wildman–Crippen LogP) is 0.589. The molecule has 1 aromatic heterocycles. The van der Waals surface area contributed by atoms with Crippen LogP contribution in [0.3, 0.4) is 0 Å². The molecule has 1 aromatic rings. The summed E-state index contributed by atoms with van der Waals surface area (Å²) in [7, 11) is -3.33. The maximum Gasteiger partial charge on any atom is 0.182 e. The molecule has 0 aliphatic carbocycles. The van der Waals surface area contributed by atoms with Crippen molar-refractivity contribution < 1.29 is 8.42 Å². The second kappa shape index (κ2) is 6.29. The fourth-order valence-electron chi connectivity index (χ4n) is 1.92. The Hall–Kier alpha value is -0.510. The van der Waals surface area contributed by atoms with Crippen LogP contribution in [-0.2, 0) is 9.84 Å². The van der Waals surface area contributed by atoms with E-state index < -0.39 is 9.84 Å². The van der Waals surface area contributed by atoms with Crippen LogP contribution in [0, 0.1) is 0 Å².